The number of carbonyl (C=O) groups excluding carboxylic acids is 1. The molecular formula is C31H47N5O5S. The average molecular weight is 602 g/mol. The van der Waals surface area contributed by atoms with E-state index in [2.05, 4.69) is 21.4 Å². The molecule has 2 fully saturated rings. The molecule has 0 radical (unpaired) electrons. The van der Waals surface area contributed by atoms with E-state index in [1.165, 1.54) is 6.42 Å². The summed E-state index contributed by atoms with van der Waals surface area (Å²) in [5.74, 6) is 0.577. The molecular weight excluding hydrogens is 554 g/mol. The number of ether oxygens (including phenoxy) is 2. The number of rotatable bonds is 9. The van der Waals surface area contributed by atoms with Crippen molar-refractivity contribution in [1.82, 2.24) is 23.6 Å². The molecule has 232 valence electrons. The molecule has 11 heteroatoms. The van der Waals surface area contributed by atoms with E-state index in [9.17, 15) is 13.2 Å². The number of carbonyl (C=O) groups is 1. The summed E-state index contributed by atoms with van der Waals surface area (Å²) in [6.07, 6.45) is 6.28. The smallest absolute Gasteiger partial charge is 0.248 e. The van der Waals surface area contributed by atoms with E-state index < -0.39 is 16.1 Å². The average Bonchev–Trinajstić information content (AvgIpc) is 3.46. The third kappa shape index (κ3) is 6.40. The molecule has 1 saturated carbocycles. The summed E-state index contributed by atoms with van der Waals surface area (Å²) in [7, 11) is 1.80. The van der Waals surface area contributed by atoms with Crippen LogP contribution in [0.15, 0.2) is 35.4 Å². The molecule has 0 bridgehead atoms. The predicted molar refractivity (Wildman–Crippen MR) is 162 cm³/mol. The summed E-state index contributed by atoms with van der Waals surface area (Å²) in [6.45, 7) is 8.89. The minimum Gasteiger partial charge on any atom is -0.497 e. The van der Waals surface area contributed by atoms with Gasteiger partial charge in [0.2, 0.25) is 15.9 Å². The largest absolute Gasteiger partial charge is 0.497 e. The molecule has 3 atom stereocenters. The van der Waals surface area contributed by atoms with Gasteiger partial charge >= 0.3 is 0 Å². The molecule has 5 rings (SSSR count). The number of likely N-dealkylation sites (N-methyl/N-ethyl adjacent to an activating group) is 2. The third-order valence-corrected chi connectivity index (χ3v) is 11.7. The van der Waals surface area contributed by atoms with E-state index >= 15 is 0 Å². The van der Waals surface area contributed by atoms with Crippen molar-refractivity contribution in [2.45, 2.75) is 69.1 Å². The van der Waals surface area contributed by atoms with Gasteiger partial charge in [0.1, 0.15) is 12.4 Å². The van der Waals surface area contributed by atoms with Gasteiger partial charge in [0.15, 0.2) is 0 Å². The summed E-state index contributed by atoms with van der Waals surface area (Å²) in [6, 6.07) is 7.57. The quantitative estimate of drug-likeness (QED) is 0.437. The second-order valence-electron chi connectivity index (χ2n) is 12.2. The molecule has 1 aromatic heterocycles. The van der Waals surface area contributed by atoms with Crippen LogP contribution in [0.2, 0.25) is 0 Å². The van der Waals surface area contributed by atoms with Crippen LogP contribution in [0.25, 0.3) is 0 Å². The predicted octanol–water partition coefficient (Wildman–Crippen LogP) is 2.89. The summed E-state index contributed by atoms with van der Waals surface area (Å²) in [5.41, 5.74) is 2.16. The third-order valence-electron chi connectivity index (χ3n) is 9.47. The number of methoxy groups -OCH3 is 1. The molecule has 1 unspecified atom stereocenters. The van der Waals surface area contributed by atoms with E-state index in [1.807, 2.05) is 30.3 Å². The summed E-state index contributed by atoms with van der Waals surface area (Å²) in [4.78, 5) is 20.4. The van der Waals surface area contributed by atoms with Gasteiger partial charge in [0.25, 0.3) is 0 Å². The number of fused-ring (bicyclic) bond motifs is 1. The Balaban J connectivity index is 1.25. The maximum absolute atomic E-state index is 14.1. The Kier molecular flexibility index (Phi) is 9.63. The van der Waals surface area contributed by atoms with Crippen molar-refractivity contribution < 1.29 is 22.7 Å². The van der Waals surface area contributed by atoms with Gasteiger partial charge in [-0.15, -0.1) is 0 Å². The fraction of sp³-hybridized carbons (Fsp3) is 0.645. The molecule has 1 aliphatic carbocycles. The fourth-order valence-corrected chi connectivity index (χ4v) is 9.02. The zero-order valence-corrected chi connectivity index (χ0v) is 26.6. The van der Waals surface area contributed by atoms with Gasteiger partial charge < -0.3 is 23.8 Å². The van der Waals surface area contributed by atoms with Gasteiger partial charge in [-0.05, 0) is 82.0 Å². The van der Waals surface area contributed by atoms with Gasteiger partial charge in [0.05, 0.1) is 24.7 Å². The maximum Gasteiger partial charge on any atom is 0.248 e. The number of sulfonamides is 1. The van der Waals surface area contributed by atoms with Gasteiger partial charge in [-0.25, -0.2) is 8.42 Å². The van der Waals surface area contributed by atoms with E-state index in [4.69, 9.17) is 9.47 Å². The van der Waals surface area contributed by atoms with Crippen molar-refractivity contribution in [2.75, 3.05) is 67.1 Å². The number of aryl methyl sites for hydroxylation is 2. The van der Waals surface area contributed by atoms with Crippen molar-refractivity contribution in [3.63, 3.8) is 0 Å². The first-order chi connectivity index (χ1) is 20.1. The van der Waals surface area contributed by atoms with Gasteiger partial charge in [-0.1, -0.05) is 0 Å². The number of amides is 1. The fourth-order valence-electron chi connectivity index (χ4n) is 7.02. The van der Waals surface area contributed by atoms with Crippen LogP contribution in [0.4, 0.5) is 0 Å². The van der Waals surface area contributed by atoms with Crippen LogP contribution in [-0.4, -0.2) is 117 Å². The standard InChI is InChI=1S/C31H47N5O5S/c1-23-18-27(40-5)19-24(2)31(23)42(38,39)36-17-16-35-11-7-10-28(35)29(36)21-41-22-30(37)33(4)25-8-6-9-26(20-25)34-14-12-32(3)13-15-34/h7,10-11,18-19,25-26,29H,6,8-9,12-17,20-22H2,1-5H3/t25-,26+,29?/m0/s1. The molecule has 3 aliphatic rings. The Labute approximate surface area is 251 Å². The zero-order valence-electron chi connectivity index (χ0n) is 25.8. The van der Waals surface area contributed by atoms with Crippen molar-refractivity contribution >= 4 is 15.9 Å². The Morgan fingerprint density at radius 1 is 1.05 bits per heavy atom. The Morgan fingerprint density at radius 2 is 1.76 bits per heavy atom. The van der Waals surface area contributed by atoms with Gasteiger partial charge in [0, 0.05) is 70.3 Å². The lowest BCUT2D eigenvalue weighted by Gasteiger charge is -2.43. The highest BCUT2D eigenvalue weighted by molar-refractivity contribution is 7.89. The van der Waals surface area contributed by atoms with Crippen molar-refractivity contribution in [3.05, 3.63) is 47.3 Å². The number of hydrogen-bond donors (Lipinski definition) is 0. The molecule has 0 N–H and O–H groups in total. The number of nitrogens with zero attached hydrogens (tertiary/aromatic N) is 5. The summed E-state index contributed by atoms with van der Waals surface area (Å²) >= 11 is 0. The molecule has 10 nitrogen and oxygen atoms in total. The number of benzene rings is 1. The summed E-state index contributed by atoms with van der Waals surface area (Å²) < 4.78 is 43.2. The lowest BCUT2D eigenvalue weighted by molar-refractivity contribution is -0.138. The molecule has 2 aliphatic heterocycles. The lowest BCUT2D eigenvalue weighted by atomic mass is 9.88. The number of piperazine rings is 1. The van der Waals surface area contributed by atoms with Crippen LogP contribution in [0.3, 0.4) is 0 Å². The van der Waals surface area contributed by atoms with Crippen LogP contribution >= 0.6 is 0 Å². The van der Waals surface area contributed by atoms with Crippen molar-refractivity contribution in [1.29, 1.82) is 0 Å². The second kappa shape index (κ2) is 13.1. The molecule has 42 heavy (non-hydrogen) atoms. The first kappa shape index (κ1) is 31.0. The van der Waals surface area contributed by atoms with Crippen molar-refractivity contribution in [3.8, 4) is 5.75 Å². The number of hydrogen-bond acceptors (Lipinski definition) is 7. The molecule has 3 heterocycles. The molecule has 1 saturated heterocycles. The first-order valence-electron chi connectivity index (χ1n) is 15.2. The van der Waals surface area contributed by atoms with Crippen LogP contribution in [-0.2, 0) is 26.1 Å². The molecule has 1 amide bonds. The van der Waals surface area contributed by atoms with Crippen LogP contribution in [0.5, 0.6) is 5.75 Å². The first-order valence-corrected chi connectivity index (χ1v) is 16.6. The minimum absolute atomic E-state index is 0.0542. The van der Waals surface area contributed by atoms with Crippen LogP contribution in [0.1, 0.15) is 48.5 Å². The number of aromatic nitrogens is 1. The van der Waals surface area contributed by atoms with Gasteiger partial charge in [-0.3, -0.25) is 9.69 Å². The zero-order chi connectivity index (χ0) is 30.0. The monoisotopic (exact) mass is 601 g/mol. The van der Waals surface area contributed by atoms with Crippen LogP contribution < -0.4 is 4.74 Å². The van der Waals surface area contributed by atoms with Gasteiger partial charge in [-0.2, -0.15) is 4.31 Å². The Hall–Kier alpha value is -2.44. The minimum atomic E-state index is -3.84. The van der Waals surface area contributed by atoms with E-state index in [-0.39, 0.29) is 25.2 Å². The molecule has 1 aromatic carbocycles. The molecule has 2 aromatic rings. The normalized spacial score (nSPS) is 24.4. The van der Waals surface area contributed by atoms with E-state index in [0.29, 0.717) is 40.9 Å². The van der Waals surface area contributed by atoms with Crippen LogP contribution in [0, 0.1) is 13.8 Å². The highest BCUT2D eigenvalue weighted by Crippen LogP contribution is 2.35. The lowest BCUT2D eigenvalue weighted by Crippen LogP contribution is -2.53. The highest BCUT2D eigenvalue weighted by atomic mass is 32.2. The topological polar surface area (TPSA) is 87.6 Å². The maximum atomic E-state index is 14.1. The van der Waals surface area contributed by atoms with E-state index in [1.54, 1.807) is 37.4 Å². The van der Waals surface area contributed by atoms with E-state index in [0.717, 1.165) is 51.1 Å². The van der Waals surface area contributed by atoms with Crippen molar-refractivity contribution in [2.24, 2.45) is 0 Å². The second-order valence-corrected chi connectivity index (χ2v) is 14.0. The Bertz CT molecular complexity index is 1330. The highest BCUT2D eigenvalue weighted by Gasteiger charge is 2.39. The summed E-state index contributed by atoms with van der Waals surface area (Å²) in [5, 5.41) is 0. The SMILES string of the molecule is COc1cc(C)c(S(=O)(=O)N2CCn3cccc3C2COCC(=O)N(C)[C@H]2CCC[C@@H](N3CCN(C)CC3)C2)c(C)c1. The molecule has 0 spiro atoms. The Morgan fingerprint density at radius 3 is 2.45 bits per heavy atom.